The number of carbonyl (C=O) groups is 1. The van der Waals surface area contributed by atoms with Gasteiger partial charge in [-0.15, -0.1) is 0 Å². The number of rotatable bonds is 4. The highest BCUT2D eigenvalue weighted by atomic mass is 16.1. The fraction of sp³-hybridized carbons (Fsp3) is 0.312. The SMILES string of the molecule is CC(C)=CC(C)=CC(=O)C(C)c1ccccc1. The van der Waals surface area contributed by atoms with Crippen LogP contribution in [0, 0.1) is 0 Å². The van der Waals surface area contributed by atoms with Gasteiger partial charge in [0.05, 0.1) is 0 Å². The van der Waals surface area contributed by atoms with Crippen LogP contribution in [0.4, 0.5) is 0 Å². The summed E-state index contributed by atoms with van der Waals surface area (Å²) in [6, 6.07) is 9.88. The smallest absolute Gasteiger partial charge is 0.163 e. The maximum atomic E-state index is 12.0. The van der Waals surface area contributed by atoms with Crippen molar-refractivity contribution >= 4 is 5.78 Å². The van der Waals surface area contributed by atoms with Gasteiger partial charge in [-0.25, -0.2) is 0 Å². The first-order chi connectivity index (χ1) is 8.00. The zero-order valence-electron chi connectivity index (χ0n) is 11.0. The van der Waals surface area contributed by atoms with Gasteiger partial charge in [-0.1, -0.05) is 48.9 Å². The van der Waals surface area contributed by atoms with Crippen molar-refractivity contribution in [3.63, 3.8) is 0 Å². The Morgan fingerprint density at radius 3 is 2.18 bits per heavy atom. The molecule has 1 heteroatoms. The second-order valence-corrected chi connectivity index (χ2v) is 4.64. The van der Waals surface area contributed by atoms with E-state index in [0.717, 1.165) is 11.1 Å². The first kappa shape index (κ1) is 13.4. The van der Waals surface area contributed by atoms with Crippen LogP contribution < -0.4 is 0 Å². The second-order valence-electron chi connectivity index (χ2n) is 4.64. The molecule has 0 N–H and O–H groups in total. The van der Waals surface area contributed by atoms with Crippen molar-refractivity contribution in [2.75, 3.05) is 0 Å². The van der Waals surface area contributed by atoms with E-state index in [1.807, 2.05) is 64.1 Å². The molecule has 0 aliphatic rings. The molecule has 1 atom stereocenters. The third-order valence-electron chi connectivity index (χ3n) is 2.61. The van der Waals surface area contributed by atoms with Crippen molar-refractivity contribution in [1.82, 2.24) is 0 Å². The zero-order chi connectivity index (χ0) is 12.8. The summed E-state index contributed by atoms with van der Waals surface area (Å²) >= 11 is 0. The van der Waals surface area contributed by atoms with E-state index >= 15 is 0 Å². The summed E-state index contributed by atoms with van der Waals surface area (Å²) in [4.78, 5) is 12.0. The predicted molar refractivity (Wildman–Crippen MR) is 73.1 cm³/mol. The summed E-state index contributed by atoms with van der Waals surface area (Å²) in [7, 11) is 0. The van der Waals surface area contributed by atoms with E-state index < -0.39 is 0 Å². The molecule has 0 saturated heterocycles. The molecule has 17 heavy (non-hydrogen) atoms. The van der Waals surface area contributed by atoms with Crippen LogP contribution in [0.25, 0.3) is 0 Å². The summed E-state index contributed by atoms with van der Waals surface area (Å²) < 4.78 is 0. The lowest BCUT2D eigenvalue weighted by molar-refractivity contribution is -0.115. The van der Waals surface area contributed by atoms with E-state index in [4.69, 9.17) is 0 Å². The molecule has 0 aliphatic carbocycles. The van der Waals surface area contributed by atoms with Crippen molar-refractivity contribution < 1.29 is 4.79 Å². The van der Waals surface area contributed by atoms with Gasteiger partial charge in [0, 0.05) is 5.92 Å². The van der Waals surface area contributed by atoms with E-state index in [2.05, 4.69) is 0 Å². The molecule has 1 aromatic rings. The topological polar surface area (TPSA) is 17.1 Å². The molecule has 0 aliphatic heterocycles. The highest BCUT2D eigenvalue weighted by Gasteiger charge is 2.12. The van der Waals surface area contributed by atoms with Gasteiger partial charge in [0.1, 0.15) is 0 Å². The molecule has 0 fully saturated rings. The lowest BCUT2D eigenvalue weighted by Crippen LogP contribution is -2.06. The Morgan fingerprint density at radius 2 is 1.65 bits per heavy atom. The van der Waals surface area contributed by atoms with Crippen LogP contribution in [-0.2, 0) is 4.79 Å². The van der Waals surface area contributed by atoms with Gasteiger partial charge in [-0.05, 0) is 38.0 Å². The first-order valence-electron chi connectivity index (χ1n) is 5.92. The number of carbonyl (C=O) groups excluding carboxylic acids is 1. The van der Waals surface area contributed by atoms with E-state index in [1.165, 1.54) is 5.57 Å². The lowest BCUT2D eigenvalue weighted by atomic mass is 9.95. The van der Waals surface area contributed by atoms with Gasteiger partial charge in [0.25, 0.3) is 0 Å². The molecule has 0 spiro atoms. The van der Waals surface area contributed by atoms with Gasteiger partial charge < -0.3 is 0 Å². The Kier molecular flexibility index (Phi) is 4.89. The molecule has 1 rings (SSSR count). The quantitative estimate of drug-likeness (QED) is 0.555. The zero-order valence-corrected chi connectivity index (χ0v) is 11.0. The van der Waals surface area contributed by atoms with Gasteiger partial charge in [-0.3, -0.25) is 4.79 Å². The molecule has 1 unspecified atom stereocenters. The third-order valence-corrected chi connectivity index (χ3v) is 2.61. The summed E-state index contributed by atoms with van der Waals surface area (Å²) in [5, 5.41) is 0. The summed E-state index contributed by atoms with van der Waals surface area (Å²) in [6.45, 7) is 7.97. The fourth-order valence-electron chi connectivity index (χ4n) is 1.75. The van der Waals surface area contributed by atoms with E-state index in [1.54, 1.807) is 6.08 Å². The van der Waals surface area contributed by atoms with Crippen LogP contribution in [0.1, 0.15) is 39.2 Å². The molecule has 1 aromatic carbocycles. The Labute approximate surface area is 104 Å². The molecule has 90 valence electrons. The molecule has 0 radical (unpaired) electrons. The van der Waals surface area contributed by atoms with Crippen molar-refractivity contribution in [3.8, 4) is 0 Å². The Balaban J connectivity index is 2.82. The minimum atomic E-state index is -0.0725. The van der Waals surface area contributed by atoms with Crippen molar-refractivity contribution in [2.24, 2.45) is 0 Å². The molecular weight excluding hydrogens is 208 g/mol. The average molecular weight is 228 g/mol. The number of hydrogen-bond acceptors (Lipinski definition) is 1. The van der Waals surface area contributed by atoms with Gasteiger partial charge >= 0.3 is 0 Å². The van der Waals surface area contributed by atoms with Crippen LogP contribution in [0.15, 0.2) is 53.6 Å². The van der Waals surface area contributed by atoms with Crippen LogP contribution >= 0.6 is 0 Å². The van der Waals surface area contributed by atoms with Crippen molar-refractivity contribution in [3.05, 3.63) is 59.2 Å². The lowest BCUT2D eigenvalue weighted by Gasteiger charge is -2.08. The minimum absolute atomic E-state index is 0.0725. The second kappa shape index (κ2) is 6.19. The standard InChI is InChI=1S/C16H20O/c1-12(2)10-13(3)11-16(17)14(4)15-8-6-5-7-9-15/h5-11,14H,1-4H3. The largest absolute Gasteiger partial charge is 0.294 e. The maximum Gasteiger partial charge on any atom is 0.163 e. The van der Waals surface area contributed by atoms with Crippen molar-refractivity contribution in [1.29, 1.82) is 0 Å². The number of benzene rings is 1. The fourth-order valence-corrected chi connectivity index (χ4v) is 1.75. The molecule has 0 aromatic heterocycles. The number of hydrogen-bond donors (Lipinski definition) is 0. The Morgan fingerprint density at radius 1 is 1.06 bits per heavy atom. The molecule has 0 bridgehead atoms. The van der Waals surface area contributed by atoms with E-state index in [9.17, 15) is 4.79 Å². The Hall–Kier alpha value is -1.63. The molecule has 0 heterocycles. The highest BCUT2D eigenvalue weighted by molar-refractivity contribution is 5.95. The monoisotopic (exact) mass is 228 g/mol. The van der Waals surface area contributed by atoms with E-state index in [-0.39, 0.29) is 11.7 Å². The molecule has 0 saturated carbocycles. The molecule has 0 amide bonds. The van der Waals surface area contributed by atoms with Gasteiger partial charge in [0.15, 0.2) is 5.78 Å². The first-order valence-corrected chi connectivity index (χ1v) is 5.92. The summed E-state index contributed by atoms with van der Waals surface area (Å²) in [6.07, 6.45) is 3.75. The molecular formula is C16H20O. The molecule has 1 nitrogen and oxygen atoms in total. The number of allylic oxidation sites excluding steroid dienone is 4. The highest BCUT2D eigenvalue weighted by Crippen LogP contribution is 2.17. The Bertz CT molecular complexity index is 434. The maximum absolute atomic E-state index is 12.0. The van der Waals surface area contributed by atoms with Gasteiger partial charge in [0.2, 0.25) is 0 Å². The summed E-state index contributed by atoms with van der Waals surface area (Å²) in [5.41, 5.74) is 3.29. The average Bonchev–Trinajstić information content (AvgIpc) is 2.28. The third kappa shape index (κ3) is 4.39. The normalized spacial score (nSPS) is 13.1. The van der Waals surface area contributed by atoms with Crippen LogP contribution in [0.5, 0.6) is 0 Å². The minimum Gasteiger partial charge on any atom is -0.294 e. The van der Waals surface area contributed by atoms with Gasteiger partial charge in [-0.2, -0.15) is 0 Å². The predicted octanol–water partition coefficient (Wildman–Crippen LogP) is 4.27. The summed E-state index contributed by atoms with van der Waals surface area (Å²) in [5.74, 6) is 0.0860. The van der Waals surface area contributed by atoms with E-state index in [0.29, 0.717) is 0 Å². The van der Waals surface area contributed by atoms with Crippen molar-refractivity contribution in [2.45, 2.75) is 33.6 Å². The van der Waals surface area contributed by atoms with Crippen LogP contribution in [-0.4, -0.2) is 5.78 Å². The number of ketones is 1. The van der Waals surface area contributed by atoms with Crippen LogP contribution in [0.3, 0.4) is 0 Å². The van der Waals surface area contributed by atoms with Crippen LogP contribution in [0.2, 0.25) is 0 Å².